The standard InChI is InChI=1S/C18H21NO7/c1-22-14-7-12(8-15(23-2)18(14)24-3)9-17(21)26-11-16(20)19-10-13-5-4-6-25-13/h4-8H,9-11H2,1-3H3,(H,19,20). The Labute approximate surface area is 151 Å². The second kappa shape index (κ2) is 9.36. The van der Waals surface area contributed by atoms with E-state index in [-0.39, 0.29) is 19.6 Å². The van der Waals surface area contributed by atoms with Gasteiger partial charge in [-0.3, -0.25) is 9.59 Å². The first kappa shape index (κ1) is 19.2. The van der Waals surface area contributed by atoms with Crippen LogP contribution >= 0.6 is 0 Å². The molecule has 0 aliphatic heterocycles. The Hall–Kier alpha value is -3.16. The van der Waals surface area contributed by atoms with Crippen LogP contribution in [-0.2, 0) is 27.3 Å². The molecule has 0 unspecified atom stereocenters. The Kier molecular flexibility index (Phi) is 6.90. The molecule has 26 heavy (non-hydrogen) atoms. The first-order valence-corrected chi connectivity index (χ1v) is 7.81. The molecule has 1 amide bonds. The van der Waals surface area contributed by atoms with Crippen molar-refractivity contribution < 1.29 is 33.0 Å². The van der Waals surface area contributed by atoms with E-state index in [1.165, 1.54) is 27.6 Å². The van der Waals surface area contributed by atoms with Crippen molar-refractivity contribution in [1.29, 1.82) is 0 Å². The number of benzene rings is 1. The number of hydrogen-bond acceptors (Lipinski definition) is 7. The molecule has 0 atom stereocenters. The Bertz CT molecular complexity index is 715. The number of methoxy groups -OCH3 is 3. The average molecular weight is 363 g/mol. The van der Waals surface area contributed by atoms with Crippen molar-refractivity contribution in [3.05, 3.63) is 41.9 Å². The van der Waals surface area contributed by atoms with E-state index < -0.39 is 11.9 Å². The number of amides is 1. The highest BCUT2D eigenvalue weighted by Gasteiger charge is 2.16. The second-order valence-corrected chi connectivity index (χ2v) is 5.23. The van der Waals surface area contributed by atoms with Crippen molar-refractivity contribution >= 4 is 11.9 Å². The lowest BCUT2D eigenvalue weighted by molar-refractivity contribution is -0.147. The molecule has 1 aromatic carbocycles. The minimum absolute atomic E-state index is 0.0395. The molecular formula is C18H21NO7. The minimum Gasteiger partial charge on any atom is -0.493 e. The summed E-state index contributed by atoms with van der Waals surface area (Å²) in [6.07, 6.45) is 1.47. The molecule has 0 aliphatic rings. The van der Waals surface area contributed by atoms with Crippen molar-refractivity contribution in [2.75, 3.05) is 27.9 Å². The van der Waals surface area contributed by atoms with Crippen LogP contribution in [0, 0.1) is 0 Å². The fraction of sp³-hybridized carbons (Fsp3) is 0.333. The summed E-state index contributed by atoms with van der Waals surface area (Å²) >= 11 is 0. The zero-order valence-corrected chi connectivity index (χ0v) is 14.9. The summed E-state index contributed by atoms with van der Waals surface area (Å²) in [6.45, 7) is -0.139. The third kappa shape index (κ3) is 5.17. The smallest absolute Gasteiger partial charge is 0.310 e. The Morgan fingerprint density at radius 2 is 1.77 bits per heavy atom. The van der Waals surface area contributed by atoms with Gasteiger partial charge in [0, 0.05) is 0 Å². The van der Waals surface area contributed by atoms with Gasteiger partial charge in [-0.1, -0.05) is 0 Å². The van der Waals surface area contributed by atoms with Crippen LogP contribution in [0.25, 0.3) is 0 Å². The Balaban J connectivity index is 1.87. The second-order valence-electron chi connectivity index (χ2n) is 5.23. The van der Waals surface area contributed by atoms with Crippen LogP contribution in [0.4, 0.5) is 0 Å². The number of ether oxygens (including phenoxy) is 4. The molecule has 8 heteroatoms. The topological polar surface area (TPSA) is 96.2 Å². The molecule has 0 fully saturated rings. The van der Waals surface area contributed by atoms with E-state index in [9.17, 15) is 9.59 Å². The van der Waals surface area contributed by atoms with Crippen LogP contribution in [-0.4, -0.2) is 39.8 Å². The summed E-state index contributed by atoms with van der Waals surface area (Å²) in [4.78, 5) is 23.7. The molecule has 1 heterocycles. The highest BCUT2D eigenvalue weighted by atomic mass is 16.5. The number of carbonyl (C=O) groups excluding carboxylic acids is 2. The van der Waals surface area contributed by atoms with Crippen molar-refractivity contribution in [1.82, 2.24) is 5.32 Å². The number of hydrogen-bond donors (Lipinski definition) is 1. The summed E-state index contributed by atoms with van der Waals surface area (Å²) in [6, 6.07) is 6.76. The lowest BCUT2D eigenvalue weighted by Gasteiger charge is -2.14. The van der Waals surface area contributed by atoms with Gasteiger partial charge in [0.05, 0.1) is 40.6 Å². The lowest BCUT2D eigenvalue weighted by atomic mass is 10.1. The van der Waals surface area contributed by atoms with Crippen molar-refractivity contribution in [3.8, 4) is 17.2 Å². The highest BCUT2D eigenvalue weighted by molar-refractivity contribution is 5.81. The van der Waals surface area contributed by atoms with Crippen LogP contribution in [0.2, 0.25) is 0 Å². The Morgan fingerprint density at radius 1 is 1.08 bits per heavy atom. The fourth-order valence-corrected chi connectivity index (χ4v) is 2.25. The summed E-state index contributed by atoms with van der Waals surface area (Å²) in [5.74, 6) is 0.954. The van der Waals surface area contributed by atoms with Crippen LogP contribution in [0.3, 0.4) is 0 Å². The fourth-order valence-electron chi connectivity index (χ4n) is 2.25. The third-order valence-electron chi connectivity index (χ3n) is 3.48. The van der Waals surface area contributed by atoms with Gasteiger partial charge >= 0.3 is 5.97 Å². The molecule has 1 aromatic heterocycles. The van der Waals surface area contributed by atoms with Gasteiger partial charge in [-0.25, -0.2) is 0 Å². The maximum Gasteiger partial charge on any atom is 0.310 e. The molecule has 0 saturated carbocycles. The summed E-state index contributed by atoms with van der Waals surface area (Å²) in [5, 5.41) is 2.59. The molecule has 0 saturated heterocycles. The SMILES string of the molecule is COc1cc(CC(=O)OCC(=O)NCc2ccco2)cc(OC)c1OC. The number of esters is 1. The van der Waals surface area contributed by atoms with Crippen molar-refractivity contribution in [2.24, 2.45) is 0 Å². The summed E-state index contributed by atoms with van der Waals surface area (Å²) in [5.41, 5.74) is 0.612. The van der Waals surface area contributed by atoms with Gasteiger partial charge in [0.2, 0.25) is 5.75 Å². The first-order chi connectivity index (χ1) is 12.6. The highest BCUT2D eigenvalue weighted by Crippen LogP contribution is 2.38. The molecular weight excluding hydrogens is 342 g/mol. The molecule has 140 valence electrons. The number of rotatable bonds is 9. The quantitative estimate of drug-likeness (QED) is 0.678. The molecule has 1 N–H and O–H groups in total. The minimum atomic E-state index is -0.549. The van der Waals surface area contributed by atoms with Gasteiger partial charge < -0.3 is 28.7 Å². The number of carbonyl (C=O) groups is 2. The number of furan rings is 1. The van der Waals surface area contributed by atoms with Gasteiger partial charge in [-0.15, -0.1) is 0 Å². The van der Waals surface area contributed by atoms with Crippen LogP contribution in [0.5, 0.6) is 17.2 Å². The van der Waals surface area contributed by atoms with Gasteiger partial charge in [-0.05, 0) is 29.8 Å². The maximum absolute atomic E-state index is 12.0. The predicted octanol–water partition coefficient (Wildman–Crippen LogP) is 1.71. The summed E-state index contributed by atoms with van der Waals surface area (Å²) in [7, 11) is 4.47. The van der Waals surface area contributed by atoms with Crippen molar-refractivity contribution in [3.63, 3.8) is 0 Å². The van der Waals surface area contributed by atoms with E-state index in [0.29, 0.717) is 28.6 Å². The molecule has 0 spiro atoms. The van der Waals surface area contributed by atoms with Gasteiger partial charge in [0.15, 0.2) is 18.1 Å². The molecule has 2 aromatic rings. The zero-order valence-electron chi connectivity index (χ0n) is 14.9. The first-order valence-electron chi connectivity index (χ1n) is 7.81. The van der Waals surface area contributed by atoms with Gasteiger partial charge in [-0.2, -0.15) is 0 Å². The van der Waals surface area contributed by atoms with E-state index in [1.54, 1.807) is 24.3 Å². The van der Waals surface area contributed by atoms with Gasteiger partial charge in [0.1, 0.15) is 5.76 Å². The largest absolute Gasteiger partial charge is 0.493 e. The predicted molar refractivity (Wildman–Crippen MR) is 91.3 cm³/mol. The number of nitrogens with one attached hydrogen (secondary N) is 1. The van der Waals surface area contributed by atoms with Crippen LogP contribution in [0.1, 0.15) is 11.3 Å². The van der Waals surface area contributed by atoms with E-state index in [1.807, 2.05) is 0 Å². The normalized spacial score (nSPS) is 10.1. The third-order valence-corrected chi connectivity index (χ3v) is 3.48. The van der Waals surface area contributed by atoms with Gasteiger partial charge in [0.25, 0.3) is 5.91 Å². The van der Waals surface area contributed by atoms with E-state index >= 15 is 0 Å². The Morgan fingerprint density at radius 3 is 2.31 bits per heavy atom. The molecule has 0 bridgehead atoms. The summed E-state index contributed by atoms with van der Waals surface area (Å²) < 4.78 is 25.8. The maximum atomic E-state index is 12.0. The monoisotopic (exact) mass is 363 g/mol. The molecule has 8 nitrogen and oxygen atoms in total. The van der Waals surface area contributed by atoms with E-state index in [0.717, 1.165) is 0 Å². The van der Waals surface area contributed by atoms with Crippen LogP contribution in [0.15, 0.2) is 34.9 Å². The van der Waals surface area contributed by atoms with Crippen molar-refractivity contribution in [2.45, 2.75) is 13.0 Å². The van der Waals surface area contributed by atoms with E-state index in [2.05, 4.69) is 5.32 Å². The average Bonchev–Trinajstić information content (AvgIpc) is 3.17. The molecule has 0 aliphatic carbocycles. The van der Waals surface area contributed by atoms with E-state index in [4.69, 9.17) is 23.4 Å². The molecule has 2 rings (SSSR count). The zero-order chi connectivity index (χ0) is 18.9. The van der Waals surface area contributed by atoms with Crippen LogP contribution < -0.4 is 19.5 Å². The lowest BCUT2D eigenvalue weighted by Crippen LogP contribution is -2.28. The molecule has 0 radical (unpaired) electrons.